The summed E-state index contributed by atoms with van der Waals surface area (Å²) in [5, 5.41) is 11.8. The van der Waals surface area contributed by atoms with Crippen LogP contribution in [0.4, 0.5) is 5.82 Å². The number of nitrogens with one attached hydrogen (secondary N) is 1. The number of anilines is 1. The third-order valence-electron chi connectivity index (χ3n) is 4.70. The van der Waals surface area contributed by atoms with Crippen LogP contribution in [0.2, 0.25) is 0 Å². The lowest BCUT2D eigenvalue weighted by molar-refractivity contribution is -0.125. The first-order chi connectivity index (χ1) is 12.7. The van der Waals surface area contributed by atoms with Gasteiger partial charge in [-0.2, -0.15) is 0 Å². The summed E-state index contributed by atoms with van der Waals surface area (Å²) >= 11 is 0. The first kappa shape index (κ1) is 18.2. The van der Waals surface area contributed by atoms with Gasteiger partial charge in [-0.05, 0) is 43.5 Å². The van der Waals surface area contributed by atoms with Crippen LogP contribution in [-0.4, -0.2) is 42.8 Å². The molecule has 0 aliphatic carbocycles. The molecule has 1 aliphatic heterocycles. The second kappa shape index (κ2) is 8.65. The summed E-state index contributed by atoms with van der Waals surface area (Å²) in [6, 6.07) is 11.7. The lowest BCUT2D eigenvalue weighted by Gasteiger charge is -2.32. The van der Waals surface area contributed by atoms with Crippen LogP contribution in [0.3, 0.4) is 0 Å². The van der Waals surface area contributed by atoms with E-state index >= 15 is 0 Å². The fourth-order valence-electron chi connectivity index (χ4n) is 3.29. The molecule has 1 N–H and O–H groups in total. The molecule has 26 heavy (non-hydrogen) atoms. The van der Waals surface area contributed by atoms with Crippen molar-refractivity contribution in [2.24, 2.45) is 5.92 Å². The molecule has 1 aliphatic rings. The van der Waals surface area contributed by atoms with Crippen molar-refractivity contribution in [3.8, 4) is 17.0 Å². The number of nitrogens with zero attached hydrogens (tertiary/aromatic N) is 3. The average molecular weight is 354 g/mol. The van der Waals surface area contributed by atoms with Crippen molar-refractivity contribution in [1.29, 1.82) is 0 Å². The van der Waals surface area contributed by atoms with E-state index in [4.69, 9.17) is 4.74 Å². The SMILES string of the molecule is CCCNC(=O)C1CCCN(c2ccc(-c3ccccc3OC)nn2)C1. The van der Waals surface area contributed by atoms with Gasteiger partial charge in [-0.15, -0.1) is 10.2 Å². The molecule has 0 radical (unpaired) electrons. The molecule has 2 aromatic rings. The molecule has 1 amide bonds. The molecule has 0 bridgehead atoms. The topological polar surface area (TPSA) is 67.4 Å². The van der Waals surface area contributed by atoms with Gasteiger partial charge in [-0.25, -0.2) is 0 Å². The maximum atomic E-state index is 12.3. The van der Waals surface area contributed by atoms with Crippen LogP contribution in [0.1, 0.15) is 26.2 Å². The second-order valence-electron chi connectivity index (χ2n) is 6.55. The quantitative estimate of drug-likeness (QED) is 0.864. The molecule has 3 rings (SSSR count). The molecular weight excluding hydrogens is 328 g/mol. The number of hydrogen-bond acceptors (Lipinski definition) is 5. The van der Waals surface area contributed by atoms with Gasteiger partial charge in [0.1, 0.15) is 5.75 Å². The molecule has 1 aromatic carbocycles. The van der Waals surface area contributed by atoms with Crippen LogP contribution in [0, 0.1) is 5.92 Å². The Bertz CT molecular complexity index is 733. The zero-order valence-electron chi connectivity index (χ0n) is 15.4. The fraction of sp³-hybridized carbons (Fsp3) is 0.450. The lowest BCUT2D eigenvalue weighted by atomic mass is 9.97. The number of benzene rings is 1. The van der Waals surface area contributed by atoms with Crippen LogP contribution < -0.4 is 15.0 Å². The number of para-hydroxylation sites is 1. The standard InChI is InChI=1S/C20H26N4O2/c1-3-12-21-20(25)15-7-6-13-24(14-15)19-11-10-17(22-23-19)16-8-4-5-9-18(16)26-2/h4-5,8-11,15H,3,6-7,12-14H2,1-2H3,(H,21,25). The zero-order valence-corrected chi connectivity index (χ0v) is 15.4. The lowest BCUT2D eigenvalue weighted by Crippen LogP contribution is -2.43. The predicted molar refractivity (Wildman–Crippen MR) is 102 cm³/mol. The van der Waals surface area contributed by atoms with Crippen molar-refractivity contribution in [1.82, 2.24) is 15.5 Å². The second-order valence-corrected chi connectivity index (χ2v) is 6.55. The number of amides is 1. The van der Waals surface area contributed by atoms with E-state index in [1.54, 1.807) is 7.11 Å². The zero-order chi connectivity index (χ0) is 18.4. The molecule has 2 heterocycles. The van der Waals surface area contributed by atoms with E-state index in [2.05, 4.69) is 27.3 Å². The predicted octanol–water partition coefficient (Wildman–Crippen LogP) is 2.89. The number of ether oxygens (including phenoxy) is 1. The third-order valence-corrected chi connectivity index (χ3v) is 4.70. The summed E-state index contributed by atoms with van der Waals surface area (Å²) in [6.07, 6.45) is 2.87. The van der Waals surface area contributed by atoms with E-state index in [9.17, 15) is 4.79 Å². The minimum atomic E-state index is 0.0194. The van der Waals surface area contributed by atoms with Crippen molar-refractivity contribution in [3.05, 3.63) is 36.4 Å². The van der Waals surface area contributed by atoms with Crippen LogP contribution in [0.5, 0.6) is 5.75 Å². The van der Waals surface area contributed by atoms with Crippen molar-refractivity contribution >= 4 is 11.7 Å². The number of aromatic nitrogens is 2. The van der Waals surface area contributed by atoms with Crippen molar-refractivity contribution in [2.45, 2.75) is 26.2 Å². The van der Waals surface area contributed by atoms with Gasteiger partial charge < -0.3 is 15.0 Å². The first-order valence-corrected chi connectivity index (χ1v) is 9.22. The smallest absolute Gasteiger partial charge is 0.224 e. The minimum absolute atomic E-state index is 0.0194. The number of methoxy groups -OCH3 is 1. The van der Waals surface area contributed by atoms with Gasteiger partial charge in [-0.3, -0.25) is 4.79 Å². The van der Waals surface area contributed by atoms with E-state index in [0.717, 1.165) is 55.2 Å². The van der Waals surface area contributed by atoms with Crippen LogP contribution >= 0.6 is 0 Å². The Kier molecular flexibility index (Phi) is 6.04. The Labute approximate surface area is 154 Å². The average Bonchev–Trinajstić information content (AvgIpc) is 2.72. The highest BCUT2D eigenvalue weighted by atomic mass is 16.5. The molecule has 6 heteroatoms. The summed E-state index contributed by atoms with van der Waals surface area (Å²) < 4.78 is 5.40. The van der Waals surface area contributed by atoms with E-state index in [-0.39, 0.29) is 11.8 Å². The Hall–Kier alpha value is -2.63. The molecule has 1 saturated heterocycles. The number of rotatable bonds is 6. The Morgan fingerprint density at radius 1 is 1.27 bits per heavy atom. The van der Waals surface area contributed by atoms with Gasteiger partial charge in [0.05, 0.1) is 18.7 Å². The Morgan fingerprint density at radius 3 is 2.85 bits per heavy atom. The minimum Gasteiger partial charge on any atom is -0.496 e. The van der Waals surface area contributed by atoms with Crippen LogP contribution in [-0.2, 0) is 4.79 Å². The third kappa shape index (κ3) is 4.12. The molecule has 138 valence electrons. The Balaban J connectivity index is 1.71. The highest BCUT2D eigenvalue weighted by Crippen LogP contribution is 2.29. The molecule has 1 aromatic heterocycles. The van der Waals surface area contributed by atoms with E-state index < -0.39 is 0 Å². The van der Waals surface area contributed by atoms with Crippen molar-refractivity contribution < 1.29 is 9.53 Å². The fourth-order valence-corrected chi connectivity index (χ4v) is 3.29. The van der Waals surface area contributed by atoms with Gasteiger partial charge in [0.15, 0.2) is 5.82 Å². The van der Waals surface area contributed by atoms with Crippen LogP contribution in [0.25, 0.3) is 11.3 Å². The molecule has 1 atom stereocenters. The molecule has 0 spiro atoms. The van der Waals surface area contributed by atoms with Gasteiger partial charge in [-0.1, -0.05) is 19.1 Å². The highest BCUT2D eigenvalue weighted by molar-refractivity contribution is 5.79. The molecular formula is C20H26N4O2. The van der Waals surface area contributed by atoms with E-state index in [1.807, 2.05) is 36.4 Å². The van der Waals surface area contributed by atoms with E-state index in [0.29, 0.717) is 6.54 Å². The number of carbonyl (C=O) groups is 1. The molecule has 6 nitrogen and oxygen atoms in total. The van der Waals surface area contributed by atoms with E-state index in [1.165, 1.54) is 0 Å². The van der Waals surface area contributed by atoms with Crippen molar-refractivity contribution in [3.63, 3.8) is 0 Å². The normalized spacial score (nSPS) is 17.0. The van der Waals surface area contributed by atoms with Gasteiger partial charge in [0.25, 0.3) is 0 Å². The monoisotopic (exact) mass is 354 g/mol. The number of hydrogen-bond donors (Lipinski definition) is 1. The largest absolute Gasteiger partial charge is 0.496 e. The molecule has 1 unspecified atom stereocenters. The number of carbonyl (C=O) groups excluding carboxylic acids is 1. The summed E-state index contributed by atoms with van der Waals surface area (Å²) in [7, 11) is 1.65. The maximum absolute atomic E-state index is 12.3. The molecule has 0 saturated carbocycles. The van der Waals surface area contributed by atoms with Gasteiger partial charge in [0, 0.05) is 25.2 Å². The number of piperidine rings is 1. The summed E-state index contributed by atoms with van der Waals surface area (Å²) in [4.78, 5) is 14.4. The Morgan fingerprint density at radius 2 is 2.12 bits per heavy atom. The summed E-state index contributed by atoms with van der Waals surface area (Å²) in [6.45, 7) is 4.40. The molecule has 1 fully saturated rings. The summed E-state index contributed by atoms with van der Waals surface area (Å²) in [5.74, 6) is 1.76. The van der Waals surface area contributed by atoms with Crippen molar-refractivity contribution in [2.75, 3.05) is 31.6 Å². The van der Waals surface area contributed by atoms with Crippen LogP contribution in [0.15, 0.2) is 36.4 Å². The van der Waals surface area contributed by atoms with Gasteiger partial charge in [0.2, 0.25) is 5.91 Å². The maximum Gasteiger partial charge on any atom is 0.224 e. The first-order valence-electron chi connectivity index (χ1n) is 9.22. The summed E-state index contributed by atoms with van der Waals surface area (Å²) in [5.41, 5.74) is 1.70. The highest BCUT2D eigenvalue weighted by Gasteiger charge is 2.26. The van der Waals surface area contributed by atoms with Gasteiger partial charge >= 0.3 is 0 Å².